The fraction of sp³-hybridized carbons (Fsp3) is 0.214. The molecular formula is C14H12N2O7S2. The highest BCUT2D eigenvalue weighted by atomic mass is 32.2. The van der Waals surface area contributed by atoms with E-state index in [0.717, 1.165) is 23.9 Å². The highest BCUT2D eigenvalue weighted by molar-refractivity contribution is 8.26. The summed E-state index contributed by atoms with van der Waals surface area (Å²) >= 11 is 6.00. The topological polar surface area (TPSA) is 141 Å². The van der Waals surface area contributed by atoms with Crippen LogP contribution in [-0.2, 0) is 9.59 Å². The van der Waals surface area contributed by atoms with Crippen LogP contribution in [0, 0.1) is 10.1 Å². The van der Waals surface area contributed by atoms with Crippen LogP contribution in [0.15, 0.2) is 17.0 Å². The van der Waals surface area contributed by atoms with Crippen LogP contribution in [0.1, 0.15) is 18.4 Å². The van der Waals surface area contributed by atoms with Gasteiger partial charge in [-0.25, -0.2) is 0 Å². The minimum atomic E-state index is -0.990. The fourth-order valence-electron chi connectivity index (χ4n) is 2.08. The van der Waals surface area contributed by atoms with Crippen molar-refractivity contribution >= 4 is 51.9 Å². The van der Waals surface area contributed by atoms with Gasteiger partial charge in [0.1, 0.15) is 4.32 Å². The summed E-state index contributed by atoms with van der Waals surface area (Å²) in [6.45, 7) is 0.122. The average Bonchev–Trinajstić information content (AvgIpc) is 2.77. The number of nitro benzene ring substituents is 1. The van der Waals surface area contributed by atoms with Crippen molar-refractivity contribution < 1.29 is 29.8 Å². The lowest BCUT2D eigenvalue weighted by Gasteiger charge is -2.13. The van der Waals surface area contributed by atoms with Gasteiger partial charge in [0.2, 0.25) is 0 Å². The number of carbonyl (C=O) groups excluding carboxylic acids is 1. The maximum absolute atomic E-state index is 12.3. The molecule has 11 heteroatoms. The molecule has 1 aromatic rings. The van der Waals surface area contributed by atoms with E-state index >= 15 is 0 Å². The van der Waals surface area contributed by atoms with E-state index in [0.29, 0.717) is 0 Å². The Bertz CT molecular complexity index is 807. The van der Waals surface area contributed by atoms with Gasteiger partial charge in [0.05, 0.1) is 21.5 Å². The zero-order valence-corrected chi connectivity index (χ0v) is 14.2. The van der Waals surface area contributed by atoms with Gasteiger partial charge in [-0.1, -0.05) is 24.0 Å². The number of phenolic OH excluding ortho intramolecular Hbond substituents is 2. The molecule has 0 atom stereocenters. The summed E-state index contributed by atoms with van der Waals surface area (Å²) < 4.78 is 0.215. The summed E-state index contributed by atoms with van der Waals surface area (Å²) in [5, 5.41) is 38.6. The minimum Gasteiger partial charge on any atom is -0.504 e. The Morgan fingerprint density at radius 3 is 2.60 bits per heavy atom. The molecule has 0 radical (unpaired) electrons. The maximum atomic E-state index is 12.3. The normalized spacial score (nSPS) is 15.8. The van der Waals surface area contributed by atoms with Gasteiger partial charge in [-0.15, -0.1) is 0 Å². The van der Waals surface area contributed by atoms with Crippen LogP contribution < -0.4 is 0 Å². The molecule has 132 valence electrons. The number of hydrogen-bond acceptors (Lipinski definition) is 8. The zero-order valence-electron chi connectivity index (χ0n) is 12.5. The molecule has 1 aliphatic heterocycles. The van der Waals surface area contributed by atoms with Crippen LogP contribution in [-0.4, -0.2) is 47.9 Å². The second kappa shape index (κ2) is 7.49. The second-order valence-corrected chi connectivity index (χ2v) is 6.66. The molecule has 1 saturated heterocycles. The van der Waals surface area contributed by atoms with Crippen LogP contribution in [0.3, 0.4) is 0 Å². The molecule has 1 fully saturated rings. The van der Waals surface area contributed by atoms with Gasteiger partial charge in [0.15, 0.2) is 11.5 Å². The summed E-state index contributed by atoms with van der Waals surface area (Å²) in [6.07, 6.45) is 1.30. The first-order valence-corrected chi connectivity index (χ1v) is 8.10. The molecule has 0 bridgehead atoms. The van der Waals surface area contributed by atoms with E-state index in [2.05, 4.69) is 0 Å². The van der Waals surface area contributed by atoms with Gasteiger partial charge in [-0.3, -0.25) is 24.6 Å². The van der Waals surface area contributed by atoms with Crippen molar-refractivity contribution in [3.8, 4) is 11.5 Å². The van der Waals surface area contributed by atoms with Crippen molar-refractivity contribution in [2.45, 2.75) is 12.8 Å². The monoisotopic (exact) mass is 384 g/mol. The number of carboxylic acid groups (broad SMARTS) is 1. The van der Waals surface area contributed by atoms with E-state index in [1.165, 1.54) is 11.0 Å². The van der Waals surface area contributed by atoms with Gasteiger partial charge in [-0.2, -0.15) is 0 Å². The van der Waals surface area contributed by atoms with Crippen LogP contribution in [0.4, 0.5) is 5.69 Å². The van der Waals surface area contributed by atoms with Gasteiger partial charge in [0.25, 0.3) is 11.6 Å². The molecule has 1 amide bonds. The fourth-order valence-corrected chi connectivity index (χ4v) is 3.38. The molecule has 0 aromatic heterocycles. The Morgan fingerprint density at radius 1 is 1.36 bits per heavy atom. The Kier molecular flexibility index (Phi) is 5.59. The number of thioether (sulfide) groups is 1. The SMILES string of the molecule is O=C(O)CCCN1C(=O)C(=Cc2cc(O)c(O)cc2[N+](=O)[O-])SC1=S. The van der Waals surface area contributed by atoms with Crippen LogP contribution >= 0.6 is 24.0 Å². The Labute approximate surface area is 150 Å². The van der Waals surface area contributed by atoms with Crippen LogP contribution in [0.25, 0.3) is 6.08 Å². The summed E-state index contributed by atoms with van der Waals surface area (Å²) in [6, 6.07) is 1.76. The standard InChI is InChI=1S/C14H12N2O7S2/c17-9-4-7(8(16(22)23)6-10(9)18)5-11-13(21)15(14(24)25-11)3-1-2-12(19)20/h4-6,17-18H,1-3H2,(H,19,20). The van der Waals surface area contributed by atoms with Gasteiger partial charge in [0, 0.05) is 13.0 Å². The number of carboxylic acids is 1. The lowest BCUT2D eigenvalue weighted by molar-refractivity contribution is -0.385. The molecule has 1 heterocycles. The number of hydrogen-bond donors (Lipinski definition) is 3. The number of carbonyl (C=O) groups is 2. The Morgan fingerprint density at radius 2 is 2.00 bits per heavy atom. The highest BCUT2D eigenvalue weighted by Gasteiger charge is 2.32. The van der Waals surface area contributed by atoms with Crippen molar-refractivity contribution in [1.82, 2.24) is 4.90 Å². The molecule has 0 spiro atoms. The van der Waals surface area contributed by atoms with E-state index in [9.17, 15) is 29.9 Å². The lowest BCUT2D eigenvalue weighted by atomic mass is 10.1. The van der Waals surface area contributed by atoms with Crippen LogP contribution in [0.2, 0.25) is 0 Å². The third kappa shape index (κ3) is 4.25. The van der Waals surface area contributed by atoms with Crippen molar-refractivity contribution in [2.75, 3.05) is 6.54 Å². The predicted octanol–water partition coefficient (Wildman–Crippen LogP) is 2.07. The van der Waals surface area contributed by atoms with Crippen molar-refractivity contribution in [3.05, 3.63) is 32.7 Å². The van der Waals surface area contributed by atoms with E-state index in [1.54, 1.807) is 0 Å². The largest absolute Gasteiger partial charge is 0.504 e. The average molecular weight is 384 g/mol. The highest BCUT2D eigenvalue weighted by Crippen LogP contribution is 2.38. The smallest absolute Gasteiger partial charge is 0.303 e. The number of phenols is 2. The molecule has 25 heavy (non-hydrogen) atoms. The molecule has 2 rings (SSSR count). The number of nitro groups is 1. The lowest BCUT2D eigenvalue weighted by Crippen LogP contribution is -2.29. The predicted molar refractivity (Wildman–Crippen MR) is 93.2 cm³/mol. The van der Waals surface area contributed by atoms with Crippen molar-refractivity contribution in [1.29, 1.82) is 0 Å². The number of thiocarbonyl (C=S) groups is 1. The summed E-state index contributed by atoms with van der Waals surface area (Å²) in [5.41, 5.74) is -0.544. The Hall–Kier alpha value is -2.66. The molecule has 0 unspecified atom stereocenters. The first kappa shape index (κ1) is 18.7. The molecule has 3 N–H and O–H groups in total. The number of nitrogens with zero attached hydrogens (tertiary/aromatic N) is 2. The molecule has 1 aromatic carbocycles. The first-order chi connectivity index (χ1) is 11.7. The minimum absolute atomic E-state index is 0.0636. The first-order valence-electron chi connectivity index (χ1n) is 6.88. The number of amides is 1. The molecular weight excluding hydrogens is 372 g/mol. The third-order valence-electron chi connectivity index (χ3n) is 3.25. The molecule has 1 aliphatic rings. The van der Waals surface area contributed by atoms with Crippen molar-refractivity contribution in [3.63, 3.8) is 0 Å². The van der Waals surface area contributed by atoms with E-state index in [1.807, 2.05) is 0 Å². The number of aromatic hydroxyl groups is 2. The summed E-state index contributed by atoms with van der Waals surface area (Å²) in [5.74, 6) is -2.70. The summed E-state index contributed by atoms with van der Waals surface area (Å²) in [4.78, 5) is 34.5. The van der Waals surface area contributed by atoms with Gasteiger partial charge in [-0.05, 0) is 18.6 Å². The quantitative estimate of drug-likeness (QED) is 0.221. The van der Waals surface area contributed by atoms with Crippen molar-refractivity contribution in [2.24, 2.45) is 0 Å². The van der Waals surface area contributed by atoms with E-state index in [4.69, 9.17) is 17.3 Å². The van der Waals surface area contributed by atoms with E-state index in [-0.39, 0.29) is 34.2 Å². The zero-order chi connectivity index (χ0) is 18.7. The molecule has 0 aliphatic carbocycles. The van der Waals surface area contributed by atoms with Gasteiger partial charge >= 0.3 is 5.97 Å². The van der Waals surface area contributed by atoms with E-state index < -0.39 is 34.0 Å². The molecule has 9 nitrogen and oxygen atoms in total. The Balaban J connectivity index is 2.29. The number of aliphatic carboxylic acids is 1. The van der Waals surface area contributed by atoms with Crippen LogP contribution in [0.5, 0.6) is 11.5 Å². The molecule has 0 saturated carbocycles. The number of benzene rings is 1. The summed E-state index contributed by atoms with van der Waals surface area (Å²) in [7, 11) is 0. The second-order valence-electron chi connectivity index (χ2n) is 4.99. The third-order valence-corrected chi connectivity index (χ3v) is 4.63. The maximum Gasteiger partial charge on any atom is 0.303 e. The number of rotatable bonds is 6. The van der Waals surface area contributed by atoms with Gasteiger partial charge < -0.3 is 15.3 Å².